The van der Waals surface area contributed by atoms with Crippen molar-refractivity contribution in [1.29, 1.82) is 0 Å². The van der Waals surface area contributed by atoms with Gasteiger partial charge < -0.3 is 15.2 Å². The second kappa shape index (κ2) is 6.10. The second-order valence-electron chi connectivity index (χ2n) is 4.39. The van der Waals surface area contributed by atoms with Gasteiger partial charge in [0, 0.05) is 11.3 Å². The molecule has 0 aliphatic carbocycles. The maximum Gasteiger partial charge on any atom is 0.255 e. The molecule has 4 nitrogen and oxygen atoms in total. The van der Waals surface area contributed by atoms with Gasteiger partial charge in [0.1, 0.15) is 0 Å². The summed E-state index contributed by atoms with van der Waals surface area (Å²) in [6, 6.07) is 12.2. The number of hydrogen-bond acceptors (Lipinski definition) is 3. The van der Waals surface area contributed by atoms with Gasteiger partial charge in [0.05, 0.1) is 7.11 Å². The Balaban J connectivity index is 2.12. The number of hydrogen-bond donors (Lipinski definition) is 2. The normalized spacial score (nSPS) is 10.1. The van der Waals surface area contributed by atoms with E-state index in [1.165, 1.54) is 18.7 Å². The Morgan fingerprint density at radius 1 is 1.20 bits per heavy atom. The summed E-state index contributed by atoms with van der Waals surface area (Å²) >= 11 is 0. The lowest BCUT2D eigenvalue weighted by molar-refractivity contribution is 0.102. The van der Waals surface area contributed by atoms with Gasteiger partial charge >= 0.3 is 0 Å². The van der Waals surface area contributed by atoms with Crippen molar-refractivity contribution < 1.29 is 14.6 Å². The first-order valence-corrected chi connectivity index (χ1v) is 6.41. The number of carbonyl (C=O) groups is 1. The van der Waals surface area contributed by atoms with Crippen LogP contribution in [0.25, 0.3) is 0 Å². The topological polar surface area (TPSA) is 58.6 Å². The van der Waals surface area contributed by atoms with E-state index in [4.69, 9.17) is 4.74 Å². The van der Waals surface area contributed by atoms with E-state index in [1.807, 2.05) is 24.3 Å². The molecule has 0 bridgehead atoms. The maximum absolute atomic E-state index is 12.1. The molecule has 4 heteroatoms. The number of anilines is 1. The van der Waals surface area contributed by atoms with Crippen LogP contribution in [0.1, 0.15) is 22.8 Å². The SMILES string of the molecule is CCc1ccc(NC(=O)c2ccc(OC)c(O)c2)cc1. The van der Waals surface area contributed by atoms with Crippen LogP contribution >= 0.6 is 0 Å². The van der Waals surface area contributed by atoms with Crippen LogP contribution in [0.2, 0.25) is 0 Å². The van der Waals surface area contributed by atoms with Gasteiger partial charge in [-0.25, -0.2) is 0 Å². The van der Waals surface area contributed by atoms with E-state index in [9.17, 15) is 9.90 Å². The quantitative estimate of drug-likeness (QED) is 0.897. The van der Waals surface area contributed by atoms with Crippen molar-refractivity contribution in [3.63, 3.8) is 0 Å². The summed E-state index contributed by atoms with van der Waals surface area (Å²) in [7, 11) is 1.46. The molecule has 0 radical (unpaired) electrons. The third-order valence-electron chi connectivity index (χ3n) is 3.06. The number of aryl methyl sites for hydroxylation is 1. The number of phenolic OH excluding ortho intramolecular Hbond substituents is 1. The fourth-order valence-electron chi connectivity index (χ4n) is 1.86. The van der Waals surface area contributed by atoms with E-state index in [-0.39, 0.29) is 11.7 Å². The molecule has 104 valence electrons. The summed E-state index contributed by atoms with van der Waals surface area (Å²) in [6.45, 7) is 2.08. The molecule has 0 saturated heterocycles. The number of ether oxygens (including phenoxy) is 1. The smallest absolute Gasteiger partial charge is 0.255 e. The first-order valence-electron chi connectivity index (χ1n) is 6.41. The Labute approximate surface area is 118 Å². The lowest BCUT2D eigenvalue weighted by Gasteiger charge is -2.08. The van der Waals surface area contributed by atoms with Crippen LogP contribution in [0.5, 0.6) is 11.5 Å². The minimum atomic E-state index is -0.271. The van der Waals surface area contributed by atoms with Gasteiger partial charge in [-0.05, 0) is 42.3 Å². The van der Waals surface area contributed by atoms with Gasteiger partial charge in [-0.2, -0.15) is 0 Å². The molecule has 0 aliphatic rings. The Kier molecular flexibility index (Phi) is 4.25. The zero-order chi connectivity index (χ0) is 14.5. The zero-order valence-corrected chi connectivity index (χ0v) is 11.5. The molecule has 0 heterocycles. The number of aromatic hydroxyl groups is 1. The molecule has 2 aromatic rings. The summed E-state index contributed by atoms with van der Waals surface area (Å²) in [5.41, 5.74) is 2.32. The Bertz CT molecular complexity index is 606. The molecule has 0 fully saturated rings. The van der Waals surface area contributed by atoms with Crippen molar-refractivity contribution in [2.75, 3.05) is 12.4 Å². The van der Waals surface area contributed by atoms with Gasteiger partial charge in [-0.1, -0.05) is 19.1 Å². The van der Waals surface area contributed by atoms with E-state index >= 15 is 0 Å². The first kappa shape index (κ1) is 13.9. The monoisotopic (exact) mass is 271 g/mol. The maximum atomic E-state index is 12.1. The Hall–Kier alpha value is -2.49. The summed E-state index contributed by atoms with van der Waals surface area (Å²) < 4.78 is 4.94. The number of rotatable bonds is 4. The first-order chi connectivity index (χ1) is 9.63. The van der Waals surface area contributed by atoms with Crippen LogP contribution in [-0.2, 0) is 6.42 Å². The predicted octanol–water partition coefficient (Wildman–Crippen LogP) is 3.22. The van der Waals surface area contributed by atoms with E-state index in [2.05, 4.69) is 12.2 Å². The minimum absolute atomic E-state index is 0.0542. The summed E-state index contributed by atoms with van der Waals surface area (Å²) in [5, 5.41) is 12.5. The van der Waals surface area contributed by atoms with Gasteiger partial charge in [-0.15, -0.1) is 0 Å². The molecule has 1 amide bonds. The molecule has 0 unspecified atom stereocenters. The molecule has 0 atom stereocenters. The van der Waals surface area contributed by atoms with Gasteiger partial charge in [0.25, 0.3) is 5.91 Å². The number of benzene rings is 2. The predicted molar refractivity (Wildman–Crippen MR) is 78.4 cm³/mol. The average molecular weight is 271 g/mol. The number of amides is 1. The minimum Gasteiger partial charge on any atom is -0.504 e. The van der Waals surface area contributed by atoms with E-state index < -0.39 is 0 Å². The third-order valence-corrected chi connectivity index (χ3v) is 3.06. The highest BCUT2D eigenvalue weighted by Gasteiger charge is 2.09. The van der Waals surface area contributed by atoms with Crippen molar-refractivity contribution in [1.82, 2.24) is 0 Å². The number of carbonyl (C=O) groups excluding carboxylic acids is 1. The van der Waals surface area contributed by atoms with Crippen molar-refractivity contribution in [2.24, 2.45) is 0 Å². The summed E-state index contributed by atoms with van der Waals surface area (Å²) in [4.78, 5) is 12.1. The standard InChI is InChI=1S/C16H17NO3/c1-3-11-4-7-13(8-5-11)17-16(19)12-6-9-15(20-2)14(18)10-12/h4-10,18H,3H2,1-2H3,(H,17,19). The van der Waals surface area contributed by atoms with Crippen LogP contribution in [0.15, 0.2) is 42.5 Å². The highest BCUT2D eigenvalue weighted by Crippen LogP contribution is 2.26. The lowest BCUT2D eigenvalue weighted by atomic mass is 10.1. The molecule has 2 aromatic carbocycles. The van der Waals surface area contributed by atoms with Crippen LogP contribution in [-0.4, -0.2) is 18.1 Å². The van der Waals surface area contributed by atoms with E-state index in [0.29, 0.717) is 11.3 Å². The fraction of sp³-hybridized carbons (Fsp3) is 0.188. The Morgan fingerprint density at radius 3 is 2.45 bits per heavy atom. The Morgan fingerprint density at radius 2 is 1.90 bits per heavy atom. The molecule has 2 rings (SSSR count). The lowest BCUT2D eigenvalue weighted by Crippen LogP contribution is -2.11. The summed E-state index contributed by atoms with van der Waals surface area (Å²) in [6.07, 6.45) is 0.959. The van der Waals surface area contributed by atoms with Crippen molar-refractivity contribution in [3.8, 4) is 11.5 Å². The average Bonchev–Trinajstić information content (AvgIpc) is 2.48. The molecule has 0 saturated carbocycles. The number of phenols is 1. The van der Waals surface area contributed by atoms with Crippen molar-refractivity contribution >= 4 is 11.6 Å². The number of methoxy groups -OCH3 is 1. The second-order valence-corrected chi connectivity index (χ2v) is 4.39. The zero-order valence-electron chi connectivity index (χ0n) is 11.5. The van der Waals surface area contributed by atoms with Gasteiger partial charge in [-0.3, -0.25) is 4.79 Å². The molecule has 2 N–H and O–H groups in total. The third kappa shape index (κ3) is 3.09. The molecule has 20 heavy (non-hydrogen) atoms. The highest BCUT2D eigenvalue weighted by molar-refractivity contribution is 6.04. The molecular formula is C16H17NO3. The fourth-order valence-corrected chi connectivity index (χ4v) is 1.86. The highest BCUT2D eigenvalue weighted by atomic mass is 16.5. The van der Waals surface area contributed by atoms with Gasteiger partial charge in [0.15, 0.2) is 11.5 Å². The molecule has 0 aromatic heterocycles. The van der Waals surface area contributed by atoms with Crippen LogP contribution in [0, 0.1) is 0 Å². The molecule has 0 spiro atoms. The van der Waals surface area contributed by atoms with Crippen LogP contribution < -0.4 is 10.1 Å². The number of nitrogens with one attached hydrogen (secondary N) is 1. The summed E-state index contributed by atoms with van der Waals surface area (Å²) in [5.74, 6) is 0.0162. The van der Waals surface area contributed by atoms with Crippen molar-refractivity contribution in [3.05, 3.63) is 53.6 Å². The van der Waals surface area contributed by atoms with E-state index in [1.54, 1.807) is 12.1 Å². The van der Waals surface area contributed by atoms with E-state index in [0.717, 1.165) is 12.1 Å². The van der Waals surface area contributed by atoms with Crippen LogP contribution in [0.4, 0.5) is 5.69 Å². The van der Waals surface area contributed by atoms with Crippen molar-refractivity contribution in [2.45, 2.75) is 13.3 Å². The molecular weight excluding hydrogens is 254 g/mol. The van der Waals surface area contributed by atoms with Gasteiger partial charge in [0.2, 0.25) is 0 Å². The van der Waals surface area contributed by atoms with Crippen LogP contribution in [0.3, 0.4) is 0 Å². The largest absolute Gasteiger partial charge is 0.504 e. The molecule has 0 aliphatic heterocycles.